The lowest BCUT2D eigenvalue weighted by Gasteiger charge is -2.32. The summed E-state index contributed by atoms with van der Waals surface area (Å²) < 4.78 is 5.85. The number of ether oxygens (including phenoxy) is 1. The first-order valence-electron chi connectivity index (χ1n) is 7.25. The van der Waals surface area contributed by atoms with Gasteiger partial charge in [-0.1, -0.05) is 24.3 Å². The van der Waals surface area contributed by atoms with Gasteiger partial charge in [0.15, 0.2) is 0 Å². The number of piperidine rings is 1. The van der Waals surface area contributed by atoms with Crippen molar-refractivity contribution < 1.29 is 9.53 Å². The highest BCUT2D eigenvalue weighted by atomic mass is 16.6. The average molecular weight is 259 g/mol. The van der Waals surface area contributed by atoms with E-state index in [4.69, 9.17) is 4.74 Å². The van der Waals surface area contributed by atoms with E-state index in [0.29, 0.717) is 0 Å². The molecule has 0 bridgehead atoms. The maximum Gasteiger partial charge on any atom is 0.410 e. The molecule has 1 fully saturated rings. The lowest BCUT2D eigenvalue weighted by molar-refractivity contribution is -0.00284. The maximum absolute atomic E-state index is 12.3. The van der Waals surface area contributed by atoms with E-state index in [-0.39, 0.29) is 6.09 Å². The minimum absolute atomic E-state index is 0.140. The monoisotopic (exact) mass is 259 g/mol. The maximum atomic E-state index is 12.3. The van der Waals surface area contributed by atoms with Crippen LogP contribution >= 0.6 is 0 Å². The highest BCUT2D eigenvalue weighted by Gasteiger charge is 2.38. The van der Waals surface area contributed by atoms with Gasteiger partial charge in [0.25, 0.3) is 0 Å². The zero-order chi connectivity index (χ0) is 13.3. The first-order chi connectivity index (χ1) is 9.19. The first kappa shape index (κ1) is 12.5. The van der Waals surface area contributed by atoms with Crippen LogP contribution in [0.5, 0.6) is 0 Å². The van der Waals surface area contributed by atoms with Crippen molar-refractivity contribution in [3.63, 3.8) is 0 Å². The van der Waals surface area contributed by atoms with E-state index < -0.39 is 5.60 Å². The van der Waals surface area contributed by atoms with Gasteiger partial charge in [-0.3, -0.25) is 0 Å². The number of likely N-dealkylation sites (tertiary alicyclic amines) is 1. The summed E-state index contributed by atoms with van der Waals surface area (Å²) in [4.78, 5) is 14.1. The largest absolute Gasteiger partial charge is 0.438 e. The third-order valence-corrected chi connectivity index (χ3v) is 4.39. The third-order valence-electron chi connectivity index (χ3n) is 4.39. The molecule has 0 spiro atoms. The molecule has 1 aromatic rings. The van der Waals surface area contributed by atoms with Crippen LogP contribution in [0.3, 0.4) is 0 Å². The van der Waals surface area contributed by atoms with Crippen LogP contribution in [0.2, 0.25) is 0 Å². The molecule has 1 aromatic carbocycles. The Morgan fingerprint density at radius 2 is 1.95 bits per heavy atom. The van der Waals surface area contributed by atoms with Gasteiger partial charge in [-0.15, -0.1) is 0 Å². The molecule has 0 aromatic heterocycles. The number of nitrogens with zero attached hydrogens (tertiary/aromatic N) is 1. The molecule has 1 heterocycles. The van der Waals surface area contributed by atoms with Gasteiger partial charge in [0.1, 0.15) is 5.60 Å². The highest BCUT2D eigenvalue weighted by Crippen LogP contribution is 2.40. The lowest BCUT2D eigenvalue weighted by Crippen LogP contribution is -2.40. The summed E-state index contributed by atoms with van der Waals surface area (Å²) in [5.41, 5.74) is 2.06. The molecule has 3 nitrogen and oxygen atoms in total. The normalized spacial score (nSPS) is 26.1. The summed E-state index contributed by atoms with van der Waals surface area (Å²) in [7, 11) is 0. The van der Waals surface area contributed by atoms with Crippen LogP contribution in [0.4, 0.5) is 4.79 Å². The number of fused-ring (bicyclic) bond motifs is 1. The summed E-state index contributed by atoms with van der Waals surface area (Å²) in [6, 6.07) is 8.30. The highest BCUT2D eigenvalue weighted by molar-refractivity contribution is 5.68. The molecule has 3 heteroatoms. The number of benzene rings is 1. The fraction of sp³-hybridized carbons (Fsp3) is 0.562. The van der Waals surface area contributed by atoms with Crippen LogP contribution in [-0.2, 0) is 16.8 Å². The van der Waals surface area contributed by atoms with Gasteiger partial charge < -0.3 is 9.64 Å². The molecule has 0 saturated carbocycles. The second-order valence-electron chi connectivity index (χ2n) is 5.80. The van der Waals surface area contributed by atoms with E-state index in [1.807, 2.05) is 17.9 Å². The number of hydrogen-bond acceptors (Lipinski definition) is 2. The summed E-state index contributed by atoms with van der Waals surface area (Å²) in [5, 5.41) is 0. The number of aryl methyl sites for hydroxylation is 1. The second kappa shape index (κ2) is 4.87. The van der Waals surface area contributed by atoms with E-state index in [1.54, 1.807) is 0 Å². The Labute approximate surface area is 114 Å². The van der Waals surface area contributed by atoms with Crippen LogP contribution < -0.4 is 0 Å². The van der Waals surface area contributed by atoms with Crippen LogP contribution in [0, 0.1) is 0 Å². The van der Waals surface area contributed by atoms with Gasteiger partial charge in [-0.2, -0.15) is 0 Å². The molecule has 0 radical (unpaired) electrons. The molecule has 0 N–H and O–H groups in total. The van der Waals surface area contributed by atoms with E-state index >= 15 is 0 Å². The van der Waals surface area contributed by atoms with Crippen molar-refractivity contribution in [2.75, 3.05) is 13.1 Å². The molecule has 1 saturated heterocycles. The number of hydrogen-bond donors (Lipinski definition) is 0. The lowest BCUT2D eigenvalue weighted by atomic mass is 9.98. The molecule has 3 rings (SSSR count). The molecule has 1 unspecified atom stereocenters. The number of carbonyl (C=O) groups is 1. The fourth-order valence-corrected chi connectivity index (χ4v) is 3.20. The SMILES string of the molecule is CC1(OC(=O)N2CCCCC2)CCc2ccccc21. The molecule has 1 aliphatic heterocycles. The molecular formula is C16H21NO2. The zero-order valence-corrected chi connectivity index (χ0v) is 11.5. The standard InChI is InChI=1S/C16H21NO2/c1-16(10-9-13-7-3-4-8-14(13)16)19-15(18)17-11-5-2-6-12-17/h3-4,7-8H,2,5-6,9-12H2,1H3. The minimum atomic E-state index is -0.439. The topological polar surface area (TPSA) is 29.5 Å². The predicted octanol–water partition coefficient (Wildman–Crippen LogP) is 3.47. The Balaban J connectivity index is 1.74. The molecule has 19 heavy (non-hydrogen) atoms. The van der Waals surface area contributed by atoms with Crippen molar-refractivity contribution in [2.24, 2.45) is 0 Å². The first-order valence-corrected chi connectivity index (χ1v) is 7.25. The number of rotatable bonds is 1. The van der Waals surface area contributed by atoms with Crippen LogP contribution in [0.25, 0.3) is 0 Å². The summed E-state index contributed by atoms with van der Waals surface area (Å²) in [5.74, 6) is 0. The predicted molar refractivity (Wildman–Crippen MR) is 74.0 cm³/mol. The van der Waals surface area contributed by atoms with Crippen LogP contribution in [0.15, 0.2) is 24.3 Å². The molecule has 1 atom stereocenters. The van der Waals surface area contributed by atoms with Gasteiger partial charge in [0.2, 0.25) is 0 Å². The van der Waals surface area contributed by atoms with Crippen LogP contribution in [0.1, 0.15) is 43.7 Å². The molecule has 2 aliphatic rings. The molecule has 102 valence electrons. The van der Waals surface area contributed by atoms with E-state index in [2.05, 4.69) is 18.2 Å². The molecular weight excluding hydrogens is 238 g/mol. The van der Waals surface area contributed by atoms with E-state index in [1.165, 1.54) is 17.5 Å². The van der Waals surface area contributed by atoms with Crippen molar-refractivity contribution >= 4 is 6.09 Å². The van der Waals surface area contributed by atoms with E-state index in [9.17, 15) is 4.79 Å². The summed E-state index contributed by atoms with van der Waals surface area (Å²) >= 11 is 0. The van der Waals surface area contributed by atoms with Crippen molar-refractivity contribution in [2.45, 2.75) is 44.6 Å². The Morgan fingerprint density at radius 1 is 1.21 bits per heavy atom. The zero-order valence-electron chi connectivity index (χ0n) is 11.5. The minimum Gasteiger partial charge on any atom is -0.438 e. The van der Waals surface area contributed by atoms with Crippen LogP contribution in [-0.4, -0.2) is 24.1 Å². The molecule has 1 aliphatic carbocycles. The fourth-order valence-electron chi connectivity index (χ4n) is 3.20. The second-order valence-corrected chi connectivity index (χ2v) is 5.80. The Bertz CT molecular complexity index is 479. The van der Waals surface area contributed by atoms with Crippen molar-refractivity contribution in [3.05, 3.63) is 35.4 Å². The Hall–Kier alpha value is -1.51. The smallest absolute Gasteiger partial charge is 0.410 e. The summed E-state index contributed by atoms with van der Waals surface area (Å²) in [6.45, 7) is 3.73. The van der Waals surface area contributed by atoms with E-state index in [0.717, 1.165) is 38.8 Å². The number of carbonyl (C=O) groups excluding carboxylic acids is 1. The molecule has 1 amide bonds. The van der Waals surface area contributed by atoms with Gasteiger partial charge >= 0.3 is 6.09 Å². The average Bonchev–Trinajstić information content (AvgIpc) is 2.78. The van der Waals surface area contributed by atoms with Gasteiger partial charge in [0.05, 0.1) is 0 Å². The summed E-state index contributed by atoms with van der Waals surface area (Å²) in [6.07, 6.45) is 5.18. The quantitative estimate of drug-likeness (QED) is 0.773. The van der Waals surface area contributed by atoms with Crippen molar-refractivity contribution in [1.29, 1.82) is 0 Å². The van der Waals surface area contributed by atoms with Crippen molar-refractivity contribution in [1.82, 2.24) is 4.90 Å². The Morgan fingerprint density at radius 3 is 2.74 bits per heavy atom. The number of amides is 1. The van der Waals surface area contributed by atoms with Crippen molar-refractivity contribution in [3.8, 4) is 0 Å². The van der Waals surface area contributed by atoms with Gasteiger partial charge in [-0.25, -0.2) is 4.79 Å². The van der Waals surface area contributed by atoms with Gasteiger partial charge in [0, 0.05) is 13.1 Å². The third kappa shape index (κ3) is 2.34. The van der Waals surface area contributed by atoms with Gasteiger partial charge in [-0.05, 0) is 50.2 Å². The Kier molecular flexibility index (Phi) is 3.21.